The van der Waals surface area contributed by atoms with E-state index in [4.69, 9.17) is 9.47 Å². The van der Waals surface area contributed by atoms with Crippen molar-refractivity contribution >= 4 is 15.9 Å². The summed E-state index contributed by atoms with van der Waals surface area (Å²) in [6, 6.07) is 6.18. The molecule has 0 saturated carbocycles. The van der Waals surface area contributed by atoms with Crippen LogP contribution in [0, 0.1) is 0 Å². The van der Waals surface area contributed by atoms with Gasteiger partial charge in [0, 0.05) is 26.2 Å². The van der Waals surface area contributed by atoms with Crippen LogP contribution in [0.5, 0.6) is 5.75 Å². The van der Waals surface area contributed by atoms with Crippen LogP contribution in [0.4, 0.5) is 0 Å². The largest absolute Gasteiger partial charge is 0.481 e. The van der Waals surface area contributed by atoms with Gasteiger partial charge in [-0.25, -0.2) is 8.42 Å². The van der Waals surface area contributed by atoms with Gasteiger partial charge < -0.3 is 14.4 Å². The molecule has 8 heteroatoms. The summed E-state index contributed by atoms with van der Waals surface area (Å²) < 4.78 is 37.2. The van der Waals surface area contributed by atoms with Crippen LogP contribution in [0.15, 0.2) is 29.2 Å². The summed E-state index contributed by atoms with van der Waals surface area (Å²) >= 11 is 0. The SMILES string of the molecule is CCN(CC)S(=O)(=O)c1ccc(O[C@@H](C)C(=O)N2CCOCC2)cc1. The third kappa shape index (κ3) is 4.71. The first-order valence-electron chi connectivity index (χ1n) is 8.53. The lowest BCUT2D eigenvalue weighted by Crippen LogP contribution is -2.46. The molecule has 1 heterocycles. The molecule has 1 atom stereocenters. The molecule has 1 fully saturated rings. The van der Waals surface area contributed by atoms with Gasteiger partial charge in [0.05, 0.1) is 18.1 Å². The second-order valence-corrected chi connectivity index (χ2v) is 7.70. The van der Waals surface area contributed by atoms with Crippen LogP contribution < -0.4 is 4.74 Å². The highest BCUT2D eigenvalue weighted by molar-refractivity contribution is 7.89. The van der Waals surface area contributed by atoms with Crippen molar-refractivity contribution in [3.05, 3.63) is 24.3 Å². The normalized spacial score (nSPS) is 16.7. The van der Waals surface area contributed by atoms with Gasteiger partial charge in [-0.15, -0.1) is 0 Å². The molecule has 1 aliphatic heterocycles. The van der Waals surface area contributed by atoms with E-state index in [1.165, 1.54) is 16.4 Å². The van der Waals surface area contributed by atoms with Gasteiger partial charge in [-0.3, -0.25) is 4.79 Å². The van der Waals surface area contributed by atoms with E-state index >= 15 is 0 Å². The Bertz CT molecular complexity index is 665. The number of nitrogens with zero attached hydrogens (tertiary/aromatic N) is 2. The highest BCUT2D eigenvalue weighted by Crippen LogP contribution is 2.20. The predicted octanol–water partition coefficient (Wildman–Crippen LogP) is 1.34. The molecule has 0 aromatic heterocycles. The molecule has 0 N–H and O–H groups in total. The number of morpholine rings is 1. The summed E-state index contributed by atoms with van der Waals surface area (Å²) in [6.07, 6.45) is -0.636. The van der Waals surface area contributed by atoms with E-state index in [1.54, 1.807) is 37.8 Å². The van der Waals surface area contributed by atoms with Crippen LogP contribution in [0.25, 0.3) is 0 Å². The highest BCUT2D eigenvalue weighted by atomic mass is 32.2. The molecule has 1 amide bonds. The number of ether oxygens (including phenoxy) is 2. The number of rotatable bonds is 7. The van der Waals surface area contributed by atoms with Gasteiger partial charge in [0.1, 0.15) is 5.75 Å². The van der Waals surface area contributed by atoms with Crippen molar-refractivity contribution in [1.82, 2.24) is 9.21 Å². The summed E-state index contributed by atoms with van der Waals surface area (Å²) in [5.74, 6) is 0.371. The van der Waals surface area contributed by atoms with E-state index in [2.05, 4.69) is 0 Å². The third-order valence-corrected chi connectivity index (χ3v) is 6.21. The standard InChI is InChI=1S/C17H26N2O5S/c1-4-19(5-2)25(21,22)16-8-6-15(7-9-16)24-14(3)17(20)18-10-12-23-13-11-18/h6-9,14H,4-5,10-13H2,1-3H3/t14-/m0/s1. The van der Waals surface area contributed by atoms with Crippen LogP contribution >= 0.6 is 0 Å². The zero-order valence-corrected chi connectivity index (χ0v) is 15.8. The van der Waals surface area contributed by atoms with E-state index in [0.717, 1.165) is 0 Å². The van der Waals surface area contributed by atoms with E-state index in [0.29, 0.717) is 45.1 Å². The molecule has 2 rings (SSSR count). The minimum Gasteiger partial charge on any atom is -0.481 e. The Balaban J connectivity index is 2.03. The molecule has 1 aliphatic rings. The van der Waals surface area contributed by atoms with Gasteiger partial charge in [-0.2, -0.15) is 4.31 Å². The molecular formula is C17H26N2O5S. The van der Waals surface area contributed by atoms with Crippen LogP contribution in [-0.4, -0.2) is 69.0 Å². The van der Waals surface area contributed by atoms with E-state index in [1.807, 2.05) is 0 Å². The molecule has 0 aliphatic carbocycles. The Labute approximate surface area is 149 Å². The maximum Gasteiger partial charge on any atom is 0.263 e. The number of hydrogen-bond acceptors (Lipinski definition) is 5. The van der Waals surface area contributed by atoms with Crippen molar-refractivity contribution in [2.45, 2.75) is 31.8 Å². The molecule has 25 heavy (non-hydrogen) atoms. The first kappa shape index (κ1) is 19.7. The van der Waals surface area contributed by atoms with Gasteiger partial charge >= 0.3 is 0 Å². The number of hydrogen-bond donors (Lipinski definition) is 0. The monoisotopic (exact) mass is 370 g/mol. The molecule has 1 saturated heterocycles. The zero-order chi connectivity index (χ0) is 18.4. The minimum absolute atomic E-state index is 0.0943. The van der Waals surface area contributed by atoms with Crippen LogP contribution in [-0.2, 0) is 19.6 Å². The van der Waals surface area contributed by atoms with E-state index in [9.17, 15) is 13.2 Å². The summed E-state index contributed by atoms with van der Waals surface area (Å²) in [4.78, 5) is 14.3. The first-order valence-corrected chi connectivity index (χ1v) is 9.97. The molecule has 7 nitrogen and oxygen atoms in total. The Kier molecular flexibility index (Phi) is 6.80. The predicted molar refractivity (Wildman–Crippen MR) is 94.0 cm³/mol. The van der Waals surface area contributed by atoms with Gasteiger partial charge in [-0.05, 0) is 31.2 Å². The lowest BCUT2D eigenvalue weighted by Gasteiger charge is -2.29. The van der Waals surface area contributed by atoms with Crippen molar-refractivity contribution in [3.63, 3.8) is 0 Å². The van der Waals surface area contributed by atoms with Crippen LogP contribution in [0.1, 0.15) is 20.8 Å². The summed E-state index contributed by atoms with van der Waals surface area (Å²) in [6.45, 7) is 8.34. The lowest BCUT2D eigenvalue weighted by molar-refractivity contribution is -0.142. The number of benzene rings is 1. The molecule has 1 aromatic rings. The van der Waals surface area contributed by atoms with Gasteiger partial charge in [0.25, 0.3) is 5.91 Å². The van der Waals surface area contributed by atoms with Gasteiger partial charge in [0.15, 0.2) is 6.10 Å². The van der Waals surface area contributed by atoms with Crippen molar-refractivity contribution < 1.29 is 22.7 Å². The molecule has 0 spiro atoms. The molecule has 140 valence electrons. The smallest absolute Gasteiger partial charge is 0.263 e. The summed E-state index contributed by atoms with van der Waals surface area (Å²) in [5, 5.41) is 0. The lowest BCUT2D eigenvalue weighted by atomic mass is 10.3. The molecule has 1 aromatic carbocycles. The molecule has 0 unspecified atom stereocenters. The fraction of sp³-hybridized carbons (Fsp3) is 0.588. The van der Waals surface area contributed by atoms with Crippen molar-refractivity contribution in [2.75, 3.05) is 39.4 Å². The Morgan fingerprint density at radius 2 is 1.76 bits per heavy atom. The number of sulfonamides is 1. The second-order valence-electron chi connectivity index (χ2n) is 5.76. The number of amides is 1. The Hall–Kier alpha value is -1.64. The maximum atomic E-state index is 12.5. The third-order valence-electron chi connectivity index (χ3n) is 4.15. The summed E-state index contributed by atoms with van der Waals surface area (Å²) in [7, 11) is -3.49. The summed E-state index contributed by atoms with van der Waals surface area (Å²) in [5.41, 5.74) is 0. The van der Waals surface area contributed by atoms with Crippen molar-refractivity contribution in [1.29, 1.82) is 0 Å². The minimum atomic E-state index is -3.49. The number of carbonyl (C=O) groups is 1. The fourth-order valence-electron chi connectivity index (χ4n) is 2.70. The Morgan fingerprint density at radius 3 is 2.28 bits per heavy atom. The number of carbonyl (C=O) groups excluding carboxylic acids is 1. The first-order chi connectivity index (χ1) is 11.9. The van der Waals surface area contributed by atoms with Gasteiger partial charge in [-0.1, -0.05) is 13.8 Å². The van der Waals surface area contributed by atoms with Gasteiger partial charge in [0.2, 0.25) is 10.0 Å². The van der Waals surface area contributed by atoms with Crippen molar-refractivity contribution in [3.8, 4) is 5.75 Å². The Morgan fingerprint density at radius 1 is 1.20 bits per heavy atom. The quantitative estimate of drug-likeness (QED) is 0.724. The van der Waals surface area contributed by atoms with Crippen LogP contribution in [0.3, 0.4) is 0 Å². The fourth-order valence-corrected chi connectivity index (χ4v) is 4.16. The zero-order valence-electron chi connectivity index (χ0n) is 15.0. The maximum absolute atomic E-state index is 12.5. The van der Waals surface area contributed by atoms with E-state index in [-0.39, 0.29) is 10.8 Å². The van der Waals surface area contributed by atoms with Crippen molar-refractivity contribution in [2.24, 2.45) is 0 Å². The van der Waals surface area contributed by atoms with Crippen LogP contribution in [0.2, 0.25) is 0 Å². The van der Waals surface area contributed by atoms with E-state index < -0.39 is 16.1 Å². The highest BCUT2D eigenvalue weighted by Gasteiger charge is 2.24. The average molecular weight is 370 g/mol. The molecule has 0 bridgehead atoms. The topological polar surface area (TPSA) is 76.2 Å². The average Bonchev–Trinajstić information content (AvgIpc) is 2.63. The second kappa shape index (κ2) is 8.64. The molecular weight excluding hydrogens is 344 g/mol. The molecule has 0 radical (unpaired) electrons.